The first-order chi connectivity index (χ1) is 9.15. The molecule has 0 spiro atoms. The van der Waals surface area contributed by atoms with Crippen LogP contribution >= 0.6 is 0 Å². The molecule has 0 unspecified atom stereocenters. The van der Waals surface area contributed by atoms with E-state index in [1.807, 2.05) is 19.1 Å². The Morgan fingerprint density at radius 1 is 1.35 bits per heavy atom. The van der Waals surface area contributed by atoms with Gasteiger partial charge in [0.15, 0.2) is 9.33 Å². The zero-order chi connectivity index (χ0) is 15.4. The summed E-state index contributed by atoms with van der Waals surface area (Å²) in [5.41, 5.74) is -4.48. The summed E-state index contributed by atoms with van der Waals surface area (Å²) in [5, 5.41) is 8.87. The lowest BCUT2D eigenvalue weighted by molar-refractivity contribution is -0.558. The van der Waals surface area contributed by atoms with Crippen molar-refractivity contribution in [1.29, 1.82) is 0 Å². The summed E-state index contributed by atoms with van der Waals surface area (Å²) >= 11 is -0.903. The zero-order valence-corrected chi connectivity index (χ0v) is 13.2. The molecule has 1 aromatic rings. The van der Waals surface area contributed by atoms with Crippen LogP contribution in [-0.2, 0) is 14.3 Å². The second-order valence-corrected chi connectivity index (χ2v) is 7.65. The highest BCUT2D eigenvalue weighted by Crippen LogP contribution is 2.26. The summed E-state index contributed by atoms with van der Waals surface area (Å²) in [6.45, 7) is 0.969. The van der Waals surface area contributed by atoms with E-state index in [-0.39, 0.29) is 0 Å². The van der Waals surface area contributed by atoms with Gasteiger partial charge in [0, 0.05) is 0 Å². The van der Waals surface area contributed by atoms with E-state index in [2.05, 4.69) is 4.18 Å². The van der Waals surface area contributed by atoms with E-state index in [0.29, 0.717) is 0 Å². The number of benzene rings is 1. The minimum Gasteiger partial charge on any atom is -0.388 e. The van der Waals surface area contributed by atoms with Crippen molar-refractivity contribution in [2.75, 3.05) is 6.61 Å². The van der Waals surface area contributed by atoms with Gasteiger partial charge in [-0.05, 0) is 19.1 Å². The van der Waals surface area contributed by atoms with Gasteiger partial charge in [0.1, 0.15) is 6.61 Å². The van der Waals surface area contributed by atoms with E-state index in [1.165, 1.54) is 4.08 Å². The van der Waals surface area contributed by atoms with Crippen molar-refractivity contribution >= 4 is 10.1 Å². The maximum absolute atomic E-state index is 12.1. The Kier molecular flexibility index (Phi) is 5.83. The summed E-state index contributed by atoms with van der Waals surface area (Å²) in [5.74, 6) is -0.615. The molecule has 0 amide bonds. The normalized spacial score (nSPS) is 13.3. The number of hydrogen-bond acceptors (Lipinski definition) is 4. The Hall–Kier alpha value is -0.810. The van der Waals surface area contributed by atoms with Crippen LogP contribution in [0.15, 0.2) is 34.1 Å². The minimum absolute atomic E-state index is 0.615. The van der Waals surface area contributed by atoms with Gasteiger partial charge < -0.3 is 9.29 Å². The molecule has 0 aliphatic heterocycles. The van der Waals surface area contributed by atoms with E-state index < -0.39 is 49.2 Å². The molecule has 1 aromatic carbocycles. The zero-order valence-electron chi connectivity index (χ0n) is 10.2. The number of alkyl halides is 3. The molecule has 4 nitrogen and oxygen atoms in total. The Labute approximate surface area is 124 Å². The third-order valence-corrected chi connectivity index (χ3v) is 5.41. The fourth-order valence-corrected chi connectivity index (χ4v) is 3.45. The molecule has 0 aliphatic carbocycles. The third kappa shape index (κ3) is 4.94. The highest BCUT2D eigenvalue weighted by atomic mass is 127. The number of aryl methyl sites for hydroxylation is 1. The Balaban J connectivity index is 2.81. The van der Waals surface area contributed by atoms with Crippen molar-refractivity contribution in [1.82, 2.24) is 0 Å². The third-order valence-electron chi connectivity index (χ3n) is 1.97. The lowest BCUT2D eigenvalue weighted by Crippen LogP contribution is -3.59. The van der Waals surface area contributed by atoms with Crippen molar-refractivity contribution in [3.63, 3.8) is 0 Å². The number of hydrogen-bond donors (Lipinski definition) is 1. The molecule has 1 N–H and O–H groups in total. The molecule has 0 heterocycles. The molecular weight excluding hydrogens is 412 g/mol. The number of halogens is 4. The van der Waals surface area contributed by atoms with E-state index in [1.54, 1.807) is 12.1 Å². The van der Waals surface area contributed by atoms with Gasteiger partial charge in [0.2, 0.25) is 4.08 Å². The van der Waals surface area contributed by atoms with Crippen molar-refractivity contribution in [2.45, 2.75) is 12.4 Å². The van der Waals surface area contributed by atoms with Crippen LogP contribution in [0.25, 0.3) is 0 Å². The fourth-order valence-electron chi connectivity index (χ4n) is 0.997. The monoisotopic (exact) mass is 423 g/mol. The predicted molar refractivity (Wildman–Crippen MR) is 61.1 cm³/mol. The molecule has 1 rings (SSSR count). The first-order valence-corrected chi connectivity index (χ1v) is 8.89. The Morgan fingerprint density at radius 2 is 1.90 bits per heavy atom. The summed E-state index contributed by atoms with van der Waals surface area (Å²) in [6.07, 6.45) is 0. The lowest BCUT2D eigenvalue weighted by atomic mass is 10.2. The van der Waals surface area contributed by atoms with Crippen LogP contribution in [0.3, 0.4) is 0 Å². The largest absolute Gasteiger partial charge is 0.534 e. The average molecular weight is 423 g/mol. The first kappa shape index (κ1) is 17.2. The summed E-state index contributed by atoms with van der Waals surface area (Å²) < 4.78 is 63.9. The Morgan fingerprint density at radius 3 is 2.35 bits per heavy atom. The van der Waals surface area contributed by atoms with Crippen molar-refractivity contribution in [3.8, 4) is 0 Å². The van der Waals surface area contributed by atoms with Gasteiger partial charge in [-0.3, -0.25) is 0 Å². The SMILES string of the molecule is Cc1ccc([I+]/C=C(\CO)OS(=O)(=O)C(F)(F)F)cc1. The van der Waals surface area contributed by atoms with Gasteiger partial charge in [0.05, 0.1) is 0 Å². The molecule has 0 fully saturated rings. The maximum Gasteiger partial charge on any atom is 0.534 e. The molecule has 0 bridgehead atoms. The Bertz CT molecular complexity index is 579. The number of aliphatic hydroxyl groups is 1. The van der Waals surface area contributed by atoms with Gasteiger partial charge in [-0.25, -0.2) is 0 Å². The lowest BCUT2D eigenvalue weighted by Gasteiger charge is -2.08. The predicted octanol–water partition coefficient (Wildman–Crippen LogP) is -1.05. The summed E-state index contributed by atoms with van der Waals surface area (Å²) in [7, 11) is -5.73. The maximum atomic E-state index is 12.1. The highest BCUT2D eigenvalue weighted by molar-refractivity contribution is 7.87. The van der Waals surface area contributed by atoms with Crippen LogP contribution in [0.2, 0.25) is 0 Å². The van der Waals surface area contributed by atoms with Crippen molar-refractivity contribution in [3.05, 3.63) is 43.2 Å². The summed E-state index contributed by atoms with van der Waals surface area (Å²) in [6, 6.07) is 7.22. The number of rotatable bonds is 5. The van der Waals surface area contributed by atoms with Crippen LogP contribution < -0.4 is 21.2 Å². The molecule has 20 heavy (non-hydrogen) atoms. The van der Waals surface area contributed by atoms with Crippen LogP contribution in [0.5, 0.6) is 0 Å². The second kappa shape index (κ2) is 6.76. The molecule has 112 valence electrons. The minimum atomic E-state index is -5.73. The molecule has 0 aliphatic rings. The molecular formula is C11H11F3IO4S+. The van der Waals surface area contributed by atoms with Gasteiger partial charge in [-0.15, -0.1) is 0 Å². The van der Waals surface area contributed by atoms with Crippen molar-refractivity contribution in [2.24, 2.45) is 0 Å². The van der Waals surface area contributed by atoms with E-state index in [4.69, 9.17) is 5.11 Å². The topological polar surface area (TPSA) is 63.6 Å². The van der Waals surface area contributed by atoms with Crippen LogP contribution in [-0.4, -0.2) is 25.6 Å². The van der Waals surface area contributed by atoms with Crippen LogP contribution in [0, 0.1) is 10.5 Å². The number of aliphatic hydroxyl groups excluding tert-OH is 1. The van der Waals surface area contributed by atoms with Gasteiger partial charge >= 0.3 is 36.8 Å². The quantitative estimate of drug-likeness (QED) is 0.285. The molecule has 0 saturated heterocycles. The molecule has 0 saturated carbocycles. The first-order valence-electron chi connectivity index (χ1n) is 5.16. The molecule has 0 radical (unpaired) electrons. The van der Waals surface area contributed by atoms with Gasteiger partial charge in [0.25, 0.3) is 0 Å². The standard InChI is InChI=1S/C11H11F3IO4S/c1-8-2-4-9(5-3-8)15-6-10(7-16)19-20(17,18)11(12,13)14/h2-6,16H,7H2,1H3/q+1/b10-6+. The van der Waals surface area contributed by atoms with Gasteiger partial charge in [-0.2, -0.15) is 21.6 Å². The smallest absolute Gasteiger partial charge is 0.388 e. The fraction of sp³-hybridized carbons (Fsp3) is 0.273. The highest BCUT2D eigenvalue weighted by Gasteiger charge is 2.49. The summed E-state index contributed by atoms with van der Waals surface area (Å²) in [4.78, 5) is 0. The van der Waals surface area contributed by atoms with Crippen LogP contribution in [0.4, 0.5) is 13.2 Å². The van der Waals surface area contributed by atoms with E-state index >= 15 is 0 Å². The second-order valence-electron chi connectivity index (χ2n) is 3.62. The van der Waals surface area contributed by atoms with E-state index in [0.717, 1.165) is 9.13 Å². The molecule has 9 heteroatoms. The average Bonchev–Trinajstić information content (AvgIpc) is 2.35. The molecule has 0 aromatic heterocycles. The van der Waals surface area contributed by atoms with Gasteiger partial charge in [-0.1, -0.05) is 17.7 Å². The van der Waals surface area contributed by atoms with E-state index in [9.17, 15) is 21.6 Å². The van der Waals surface area contributed by atoms with Crippen molar-refractivity contribution < 1.29 is 52.1 Å². The van der Waals surface area contributed by atoms with Crippen LogP contribution in [0.1, 0.15) is 5.56 Å². The molecule has 0 atom stereocenters.